The second kappa shape index (κ2) is 12.6. The van der Waals surface area contributed by atoms with Crippen LogP contribution in [0.25, 0.3) is 0 Å². The number of carbonyl (C=O) groups is 3. The van der Waals surface area contributed by atoms with E-state index in [0.717, 1.165) is 18.9 Å². The van der Waals surface area contributed by atoms with Gasteiger partial charge in [0.2, 0.25) is 0 Å². The highest BCUT2D eigenvalue weighted by molar-refractivity contribution is 5.95. The van der Waals surface area contributed by atoms with Crippen LogP contribution in [0.5, 0.6) is 5.75 Å². The van der Waals surface area contributed by atoms with E-state index in [1.54, 1.807) is 31.2 Å². The highest BCUT2D eigenvalue weighted by Crippen LogP contribution is 2.31. The van der Waals surface area contributed by atoms with Crippen molar-refractivity contribution in [1.82, 2.24) is 10.6 Å². The van der Waals surface area contributed by atoms with Crippen LogP contribution in [0.3, 0.4) is 0 Å². The van der Waals surface area contributed by atoms with Crippen molar-refractivity contribution in [1.29, 1.82) is 0 Å². The Balaban J connectivity index is 1.39. The Bertz CT molecular complexity index is 1100. The molecule has 0 heterocycles. The first-order chi connectivity index (χ1) is 17.6. The summed E-state index contributed by atoms with van der Waals surface area (Å²) in [5, 5.41) is 5.02. The summed E-state index contributed by atoms with van der Waals surface area (Å²) < 4.78 is 62.6. The molecule has 2 N–H and O–H groups in total. The number of nitrogens with one attached hydrogen (secondary N) is 2. The van der Waals surface area contributed by atoms with Gasteiger partial charge in [-0.05, 0) is 75.1 Å². The third-order valence-electron chi connectivity index (χ3n) is 5.95. The SMILES string of the molecule is CCOC(=O)C1CCC(Oc2ccc(C(=O)NCCNC(=O)c3ccc(C(F)(F)F)c(F)c3)cc2)CC1. The summed E-state index contributed by atoms with van der Waals surface area (Å²) in [6.07, 6.45) is -2.00. The van der Waals surface area contributed by atoms with Gasteiger partial charge < -0.3 is 20.1 Å². The quantitative estimate of drug-likeness (QED) is 0.286. The molecule has 200 valence electrons. The van der Waals surface area contributed by atoms with Crippen LogP contribution in [0.4, 0.5) is 17.6 Å². The Kier molecular flexibility index (Phi) is 9.48. The number of hydrogen-bond acceptors (Lipinski definition) is 5. The van der Waals surface area contributed by atoms with Crippen LogP contribution in [0, 0.1) is 11.7 Å². The van der Waals surface area contributed by atoms with E-state index in [4.69, 9.17) is 9.47 Å². The zero-order valence-electron chi connectivity index (χ0n) is 20.2. The first kappa shape index (κ1) is 27.9. The molecule has 37 heavy (non-hydrogen) atoms. The van der Waals surface area contributed by atoms with Gasteiger partial charge in [-0.1, -0.05) is 0 Å². The van der Waals surface area contributed by atoms with E-state index in [0.29, 0.717) is 42.9 Å². The van der Waals surface area contributed by atoms with Gasteiger partial charge in [-0.2, -0.15) is 13.2 Å². The normalized spacial score (nSPS) is 17.5. The number of halogens is 4. The van der Waals surface area contributed by atoms with Crippen LogP contribution in [0.2, 0.25) is 0 Å². The highest BCUT2D eigenvalue weighted by Gasteiger charge is 2.34. The first-order valence-electron chi connectivity index (χ1n) is 11.9. The molecule has 1 aliphatic rings. The van der Waals surface area contributed by atoms with Crippen molar-refractivity contribution in [3.63, 3.8) is 0 Å². The summed E-state index contributed by atoms with van der Waals surface area (Å²) in [6.45, 7) is 2.19. The van der Waals surface area contributed by atoms with E-state index in [9.17, 15) is 31.9 Å². The number of carbonyl (C=O) groups excluding carboxylic acids is 3. The lowest BCUT2D eigenvalue weighted by Gasteiger charge is -2.27. The lowest BCUT2D eigenvalue weighted by atomic mass is 9.87. The molecule has 0 radical (unpaired) electrons. The van der Waals surface area contributed by atoms with Gasteiger partial charge in [0.05, 0.1) is 24.2 Å². The number of benzene rings is 2. The molecule has 3 rings (SSSR count). The molecule has 0 aromatic heterocycles. The smallest absolute Gasteiger partial charge is 0.419 e. The average Bonchev–Trinajstić information content (AvgIpc) is 2.86. The van der Waals surface area contributed by atoms with Crippen LogP contribution < -0.4 is 15.4 Å². The monoisotopic (exact) mass is 524 g/mol. The van der Waals surface area contributed by atoms with Crippen LogP contribution in [0.1, 0.15) is 58.9 Å². The van der Waals surface area contributed by atoms with Crippen LogP contribution in [-0.4, -0.2) is 43.6 Å². The maximum absolute atomic E-state index is 13.6. The second-order valence-corrected chi connectivity index (χ2v) is 8.57. The second-order valence-electron chi connectivity index (χ2n) is 8.57. The Morgan fingerprint density at radius 1 is 0.892 bits per heavy atom. The van der Waals surface area contributed by atoms with Crippen LogP contribution >= 0.6 is 0 Å². The lowest BCUT2D eigenvalue weighted by molar-refractivity contribution is -0.149. The molecule has 11 heteroatoms. The van der Waals surface area contributed by atoms with Crippen LogP contribution in [-0.2, 0) is 15.7 Å². The molecular weight excluding hydrogens is 496 g/mol. The molecule has 1 fully saturated rings. The Labute approximate surface area is 211 Å². The molecular formula is C26H28F4N2O5. The van der Waals surface area contributed by atoms with E-state index in [1.165, 1.54) is 0 Å². The molecule has 0 atom stereocenters. The maximum atomic E-state index is 13.6. The predicted molar refractivity (Wildman–Crippen MR) is 126 cm³/mol. The van der Waals surface area contributed by atoms with Crippen molar-refractivity contribution in [2.45, 2.75) is 44.9 Å². The number of rotatable bonds is 9. The van der Waals surface area contributed by atoms with Crippen molar-refractivity contribution >= 4 is 17.8 Å². The standard InChI is InChI=1S/C26H28F4N2O5/c1-2-36-25(35)17-5-10-20(11-6-17)37-19-8-3-16(4-9-19)23(33)31-13-14-32-24(34)18-7-12-21(22(27)15-18)26(28,29)30/h3-4,7-9,12,15,17,20H,2,5-6,10-11,13-14H2,1H3,(H,31,33)(H,32,34). The fourth-order valence-corrected chi connectivity index (χ4v) is 4.00. The minimum Gasteiger partial charge on any atom is -0.490 e. The Morgan fingerprint density at radius 2 is 1.46 bits per heavy atom. The lowest BCUT2D eigenvalue weighted by Crippen LogP contribution is -2.34. The molecule has 1 saturated carbocycles. The van der Waals surface area contributed by atoms with Gasteiger partial charge in [0, 0.05) is 24.2 Å². The fraction of sp³-hybridized carbons (Fsp3) is 0.423. The molecule has 0 unspecified atom stereocenters. The molecule has 0 spiro atoms. The third kappa shape index (κ3) is 7.93. The minimum absolute atomic E-state index is 0.0110. The van der Waals surface area contributed by atoms with Crippen molar-refractivity contribution in [2.75, 3.05) is 19.7 Å². The van der Waals surface area contributed by atoms with Gasteiger partial charge >= 0.3 is 12.1 Å². The van der Waals surface area contributed by atoms with Crippen molar-refractivity contribution in [3.05, 3.63) is 65.0 Å². The number of alkyl halides is 3. The zero-order valence-corrected chi connectivity index (χ0v) is 20.2. The van der Waals surface area contributed by atoms with E-state index in [1.807, 2.05) is 0 Å². The molecule has 2 aromatic carbocycles. The molecule has 0 bridgehead atoms. The van der Waals surface area contributed by atoms with E-state index in [-0.39, 0.29) is 36.6 Å². The van der Waals surface area contributed by atoms with Gasteiger partial charge in [0.1, 0.15) is 11.6 Å². The minimum atomic E-state index is -4.85. The summed E-state index contributed by atoms with van der Waals surface area (Å²) in [7, 11) is 0. The summed E-state index contributed by atoms with van der Waals surface area (Å²) in [5.41, 5.74) is -1.34. The van der Waals surface area contributed by atoms with Crippen molar-refractivity contribution in [2.24, 2.45) is 5.92 Å². The predicted octanol–water partition coefficient (Wildman–Crippen LogP) is 4.51. The molecule has 1 aliphatic carbocycles. The summed E-state index contributed by atoms with van der Waals surface area (Å²) in [5.74, 6) is -2.34. The summed E-state index contributed by atoms with van der Waals surface area (Å²) in [4.78, 5) is 36.2. The zero-order chi connectivity index (χ0) is 27.0. The molecule has 2 amide bonds. The number of esters is 1. The van der Waals surface area contributed by atoms with Crippen molar-refractivity contribution in [3.8, 4) is 5.75 Å². The van der Waals surface area contributed by atoms with Gasteiger partial charge in [-0.25, -0.2) is 4.39 Å². The highest BCUT2D eigenvalue weighted by atomic mass is 19.4. The van der Waals surface area contributed by atoms with Gasteiger partial charge in [-0.3, -0.25) is 14.4 Å². The van der Waals surface area contributed by atoms with Crippen LogP contribution in [0.15, 0.2) is 42.5 Å². The van der Waals surface area contributed by atoms with E-state index < -0.39 is 29.4 Å². The summed E-state index contributed by atoms with van der Waals surface area (Å²) in [6, 6.07) is 8.45. The van der Waals surface area contributed by atoms with Crippen molar-refractivity contribution < 1.29 is 41.4 Å². The average molecular weight is 525 g/mol. The first-order valence-corrected chi connectivity index (χ1v) is 11.9. The maximum Gasteiger partial charge on any atom is 0.419 e. The largest absolute Gasteiger partial charge is 0.490 e. The topological polar surface area (TPSA) is 93.7 Å². The number of hydrogen-bond donors (Lipinski definition) is 2. The Morgan fingerprint density at radius 3 is 2.00 bits per heavy atom. The molecule has 2 aromatic rings. The fourth-order valence-electron chi connectivity index (χ4n) is 4.00. The molecule has 0 aliphatic heterocycles. The third-order valence-corrected chi connectivity index (χ3v) is 5.95. The van der Waals surface area contributed by atoms with Gasteiger partial charge in [-0.15, -0.1) is 0 Å². The number of amides is 2. The van der Waals surface area contributed by atoms with Gasteiger partial charge in [0.25, 0.3) is 11.8 Å². The summed E-state index contributed by atoms with van der Waals surface area (Å²) >= 11 is 0. The number of ether oxygens (including phenoxy) is 2. The molecule has 7 nitrogen and oxygen atoms in total. The Hall–Kier alpha value is -3.63. The van der Waals surface area contributed by atoms with E-state index in [2.05, 4.69) is 10.6 Å². The van der Waals surface area contributed by atoms with Gasteiger partial charge in [0.15, 0.2) is 0 Å². The molecule has 0 saturated heterocycles. The van der Waals surface area contributed by atoms with E-state index >= 15 is 0 Å².